The molecule has 0 aliphatic rings. The lowest BCUT2D eigenvalue weighted by Crippen LogP contribution is -2.12. The number of hydrogen-bond donors (Lipinski definition) is 2. The third-order valence-electron chi connectivity index (χ3n) is 2.98. The Bertz CT molecular complexity index is 646. The highest BCUT2D eigenvalue weighted by Crippen LogP contribution is 2.23. The molecule has 1 amide bonds. The summed E-state index contributed by atoms with van der Waals surface area (Å²) in [5, 5.41) is 12.3. The Hall–Kier alpha value is -1.36. The van der Waals surface area contributed by atoms with Crippen molar-refractivity contribution in [3.63, 3.8) is 0 Å². The van der Waals surface area contributed by atoms with Gasteiger partial charge in [0.15, 0.2) is 0 Å². The second kappa shape index (κ2) is 7.59. The van der Waals surface area contributed by atoms with Crippen LogP contribution in [0.2, 0.25) is 5.02 Å². The molecule has 0 spiro atoms. The molecule has 2 N–H and O–H groups in total. The van der Waals surface area contributed by atoms with E-state index in [9.17, 15) is 4.79 Å². The maximum Gasteiger partial charge on any atom is 0.256 e. The molecule has 0 atom stereocenters. The van der Waals surface area contributed by atoms with E-state index in [1.54, 1.807) is 18.2 Å². The van der Waals surface area contributed by atoms with Crippen LogP contribution < -0.4 is 5.32 Å². The minimum atomic E-state index is -0.196. The molecule has 0 unspecified atom stereocenters. The molecule has 2 rings (SSSR count). The van der Waals surface area contributed by atoms with E-state index in [-0.39, 0.29) is 12.5 Å². The average molecular weight is 369 g/mol. The molecule has 0 fully saturated rings. The van der Waals surface area contributed by atoms with Crippen molar-refractivity contribution in [2.45, 2.75) is 12.8 Å². The molecule has 0 bridgehead atoms. The lowest BCUT2D eigenvalue weighted by molar-refractivity contribution is 0.102. The Kier molecular flexibility index (Phi) is 5.79. The van der Waals surface area contributed by atoms with Crippen LogP contribution in [0.1, 0.15) is 22.3 Å². The summed E-state index contributed by atoms with van der Waals surface area (Å²) >= 11 is 9.21. The number of aliphatic hydroxyl groups excluding tert-OH is 1. The van der Waals surface area contributed by atoms with Crippen LogP contribution in [0, 0.1) is 0 Å². The number of benzene rings is 2. The zero-order valence-corrected chi connectivity index (χ0v) is 13.6. The van der Waals surface area contributed by atoms with Crippen LogP contribution in [-0.2, 0) is 6.42 Å². The van der Waals surface area contributed by atoms with Crippen molar-refractivity contribution < 1.29 is 9.90 Å². The van der Waals surface area contributed by atoms with Crippen LogP contribution in [0.25, 0.3) is 0 Å². The van der Waals surface area contributed by atoms with Crippen LogP contribution in [0.15, 0.2) is 46.9 Å². The summed E-state index contributed by atoms with van der Waals surface area (Å²) in [7, 11) is 0. The normalized spacial score (nSPS) is 10.4. The summed E-state index contributed by atoms with van der Waals surface area (Å²) in [5.41, 5.74) is 2.34. The molecular formula is C16H15BrClNO2. The zero-order valence-electron chi connectivity index (χ0n) is 11.3. The van der Waals surface area contributed by atoms with Crippen molar-refractivity contribution in [1.82, 2.24) is 0 Å². The fourth-order valence-corrected chi connectivity index (χ4v) is 2.82. The van der Waals surface area contributed by atoms with Gasteiger partial charge in [-0.05, 0) is 64.7 Å². The Labute approximate surface area is 137 Å². The number of halogens is 2. The Morgan fingerprint density at radius 1 is 1.24 bits per heavy atom. The van der Waals surface area contributed by atoms with E-state index < -0.39 is 0 Å². The predicted octanol–water partition coefficient (Wildman–Crippen LogP) is 4.28. The zero-order chi connectivity index (χ0) is 15.2. The molecule has 0 aromatic heterocycles. The first-order chi connectivity index (χ1) is 10.1. The van der Waals surface area contributed by atoms with E-state index in [2.05, 4.69) is 21.2 Å². The fraction of sp³-hybridized carbons (Fsp3) is 0.188. The van der Waals surface area contributed by atoms with Gasteiger partial charge in [0, 0.05) is 21.8 Å². The monoisotopic (exact) mass is 367 g/mol. The number of anilines is 1. The Balaban J connectivity index is 2.12. The van der Waals surface area contributed by atoms with E-state index in [1.807, 2.05) is 24.3 Å². The molecular weight excluding hydrogens is 354 g/mol. The fourth-order valence-electron chi connectivity index (χ4n) is 1.96. The van der Waals surface area contributed by atoms with Gasteiger partial charge in [-0.3, -0.25) is 4.79 Å². The van der Waals surface area contributed by atoms with Crippen molar-refractivity contribution >= 4 is 39.1 Å². The van der Waals surface area contributed by atoms with Crippen molar-refractivity contribution in [3.8, 4) is 0 Å². The topological polar surface area (TPSA) is 49.3 Å². The number of nitrogens with one attached hydrogen (secondary N) is 1. The quantitative estimate of drug-likeness (QED) is 0.827. The summed E-state index contributed by atoms with van der Waals surface area (Å²) in [6, 6.07) is 12.7. The van der Waals surface area contributed by atoms with Gasteiger partial charge in [0.05, 0.1) is 5.56 Å². The summed E-state index contributed by atoms with van der Waals surface area (Å²) in [4.78, 5) is 12.2. The van der Waals surface area contributed by atoms with E-state index in [4.69, 9.17) is 16.7 Å². The number of aliphatic hydroxyl groups is 1. The van der Waals surface area contributed by atoms with Gasteiger partial charge in [-0.25, -0.2) is 0 Å². The van der Waals surface area contributed by atoms with Crippen LogP contribution >= 0.6 is 27.5 Å². The highest BCUT2D eigenvalue weighted by atomic mass is 79.9. The largest absolute Gasteiger partial charge is 0.396 e. The molecule has 2 aromatic rings. The van der Waals surface area contributed by atoms with E-state index in [0.29, 0.717) is 21.5 Å². The predicted molar refractivity (Wildman–Crippen MR) is 89.0 cm³/mol. The molecule has 3 nitrogen and oxygen atoms in total. The Morgan fingerprint density at radius 3 is 2.76 bits per heavy atom. The molecule has 0 saturated heterocycles. The first-order valence-corrected chi connectivity index (χ1v) is 7.73. The first kappa shape index (κ1) is 16.0. The van der Waals surface area contributed by atoms with Gasteiger partial charge in [0.2, 0.25) is 0 Å². The van der Waals surface area contributed by atoms with Gasteiger partial charge < -0.3 is 10.4 Å². The smallest absolute Gasteiger partial charge is 0.256 e. The summed E-state index contributed by atoms with van der Waals surface area (Å²) in [6.07, 6.45) is 1.49. The molecule has 0 aliphatic heterocycles. The summed E-state index contributed by atoms with van der Waals surface area (Å²) in [6.45, 7) is 0.161. The molecule has 0 saturated carbocycles. The molecule has 21 heavy (non-hydrogen) atoms. The van der Waals surface area contributed by atoms with Crippen LogP contribution in [0.4, 0.5) is 5.69 Å². The molecule has 110 valence electrons. The third kappa shape index (κ3) is 4.56. The first-order valence-electron chi connectivity index (χ1n) is 6.56. The second-order valence-corrected chi connectivity index (χ2v) is 5.90. The lowest BCUT2D eigenvalue weighted by atomic mass is 10.1. The van der Waals surface area contributed by atoms with Gasteiger partial charge in [0.25, 0.3) is 5.91 Å². The van der Waals surface area contributed by atoms with Crippen LogP contribution in [0.3, 0.4) is 0 Å². The van der Waals surface area contributed by atoms with E-state index in [1.165, 1.54) is 0 Å². The number of hydrogen-bond acceptors (Lipinski definition) is 2. The molecule has 2 aromatic carbocycles. The van der Waals surface area contributed by atoms with Crippen LogP contribution in [-0.4, -0.2) is 17.6 Å². The lowest BCUT2D eigenvalue weighted by Gasteiger charge is -2.09. The standard InChI is InChI=1S/C16H15BrClNO2/c17-15-10-12(18)6-7-14(15)16(21)19-13-5-1-3-11(9-13)4-2-8-20/h1,3,5-7,9-10,20H,2,4,8H2,(H,19,21). The molecule has 0 radical (unpaired) electrons. The number of amides is 1. The minimum absolute atomic E-state index is 0.161. The average Bonchev–Trinajstić information content (AvgIpc) is 2.45. The molecule has 5 heteroatoms. The van der Waals surface area contributed by atoms with Crippen molar-refractivity contribution in [1.29, 1.82) is 0 Å². The van der Waals surface area contributed by atoms with E-state index >= 15 is 0 Å². The van der Waals surface area contributed by atoms with Gasteiger partial charge in [-0.1, -0.05) is 23.7 Å². The molecule has 0 heterocycles. The van der Waals surface area contributed by atoms with Gasteiger partial charge in [-0.15, -0.1) is 0 Å². The number of carbonyl (C=O) groups excluding carboxylic acids is 1. The highest BCUT2D eigenvalue weighted by Gasteiger charge is 2.10. The van der Waals surface area contributed by atoms with Gasteiger partial charge in [-0.2, -0.15) is 0 Å². The third-order valence-corrected chi connectivity index (χ3v) is 3.88. The minimum Gasteiger partial charge on any atom is -0.396 e. The van der Waals surface area contributed by atoms with Gasteiger partial charge >= 0.3 is 0 Å². The maximum atomic E-state index is 12.2. The SMILES string of the molecule is O=C(Nc1cccc(CCCO)c1)c1ccc(Cl)cc1Br. The van der Waals surface area contributed by atoms with E-state index in [0.717, 1.165) is 17.7 Å². The number of rotatable bonds is 5. The number of carbonyl (C=O) groups is 1. The van der Waals surface area contributed by atoms with Crippen molar-refractivity contribution in [2.75, 3.05) is 11.9 Å². The van der Waals surface area contributed by atoms with Gasteiger partial charge in [0.1, 0.15) is 0 Å². The summed E-state index contributed by atoms with van der Waals surface area (Å²) < 4.78 is 0.656. The maximum absolute atomic E-state index is 12.2. The number of aryl methyl sites for hydroxylation is 1. The summed E-state index contributed by atoms with van der Waals surface area (Å²) in [5.74, 6) is -0.196. The van der Waals surface area contributed by atoms with Crippen molar-refractivity contribution in [3.05, 3.63) is 63.1 Å². The Morgan fingerprint density at radius 2 is 2.05 bits per heavy atom. The van der Waals surface area contributed by atoms with Crippen LogP contribution in [0.5, 0.6) is 0 Å². The highest BCUT2D eigenvalue weighted by molar-refractivity contribution is 9.10. The second-order valence-electron chi connectivity index (χ2n) is 4.61. The molecule has 0 aliphatic carbocycles. The van der Waals surface area contributed by atoms with Crippen molar-refractivity contribution in [2.24, 2.45) is 0 Å².